The van der Waals surface area contributed by atoms with Gasteiger partial charge < -0.3 is 10.1 Å². The van der Waals surface area contributed by atoms with E-state index in [0.29, 0.717) is 12.6 Å². The molecule has 2 rings (SSSR count). The molecular formula is C10H15N3O2. The van der Waals surface area contributed by atoms with Crippen molar-refractivity contribution >= 4 is 6.03 Å². The van der Waals surface area contributed by atoms with Gasteiger partial charge in [0.2, 0.25) is 0 Å². The van der Waals surface area contributed by atoms with Crippen LogP contribution in [0.25, 0.3) is 0 Å². The molecular weight excluding hydrogens is 194 g/mol. The Kier molecular flexibility index (Phi) is 3.34. The normalized spacial score (nSPS) is 20.4. The predicted molar refractivity (Wildman–Crippen MR) is 54.6 cm³/mol. The Hall–Kier alpha value is -1.36. The molecule has 1 fully saturated rings. The van der Waals surface area contributed by atoms with Gasteiger partial charge in [-0.25, -0.2) is 9.78 Å². The van der Waals surface area contributed by atoms with Gasteiger partial charge in [0.1, 0.15) is 6.33 Å². The molecule has 5 heteroatoms. The van der Waals surface area contributed by atoms with E-state index in [4.69, 9.17) is 4.74 Å². The molecule has 2 heterocycles. The molecule has 1 aromatic heterocycles. The van der Waals surface area contributed by atoms with Crippen LogP contribution in [0, 0.1) is 0 Å². The lowest BCUT2D eigenvalue weighted by Gasteiger charge is -2.09. The summed E-state index contributed by atoms with van der Waals surface area (Å²) in [5.41, 5.74) is 0. The molecule has 1 N–H and O–H groups in total. The molecule has 1 aromatic rings. The van der Waals surface area contributed by atoms with Crippen molar-refractivity contribution in [3.63, 3.8) is 0 Å². The number of nitrogens with zero attached hydrogens (tertiary/aromatic N) is 2. The third-order valence-corrected chi connectivity index (χ3v) is 2.51. The number of carbonyl (C=O) groups excluding carboxylic acids is 1. The summed E-state index contributed by atoms with van der Waals surface area (Å²) >= 11 is 0. The van der Waals surface area contributed by atoms with Crippen molar-refractivity contribution in [2.45, 2.75) is 25.4 Å². The molecule has 0 radical (unpaired) electrons. The van der Waals surface area contributed by atoms with Crippen LogP contribution in [-0.4, -0.2) is 34.8 Å². The maximum atomic E-state index is 11.5. The molecule has 1 saturated heterocycles. The fourth-order valence-corrected chi connectivity index (χ4v) is 1.68. The Labute approximate surface area is 88.4 Å². The van der Waals surface area contributed by atoms with Gasteiger partial charge in [-0.3, -0.25) is 4.57 Å². The summed E-state index contributed by atoms with van der Waals surface area (Å²) in [5, 5.41) is 2.82. The Morgan fingerprint density at radius 3 is 3.27 bits per heavy atom. The molecule has 1 aliphatic heterocycles. The quantitative estimate of drug-likeness (QED) is 0.808. The standard InChI is InChI=1S/C10H15N3O2/c14-10(13-6-5-11-8-13)12-4-3-9-2-1-7-15-9/h5-6,8-9H,1-4,7H2,(H,12,14). The van der Waals surface area contributed by atoms with Crippen molar-refractivity contribution < 1.29 is 9.53 Å². The molecule has 1 amide bonds. The first kappa shape index (κ1) is 10.2. The maximum absolute atomic E-state index is 11.5. The van der Waals surface area contributed by atoms with Gasteiger partial charge in [0.05, 0.1) is 6.10 Å². The minimum atomic E-state index is -0.134. The third-order valence-electron chi connectivity index (χ3n) is 2.51. The van der Waals surface area contributed by atoms with E-state index in [1.807, 2.05) is 0 Å². The lowest BCUT2D eigenvalue weighted by atomic mass is 10.2. The minimum absolute atomic E-state index is 0.134. The highest BCUT2D eigenvalue weighted by Gasteiger charge is 2.15. The largest absolute Gasteiger partial charge is 0.378 e. The molecule has 5 nitrogen and oxygen atoms in total. The summed E-state index contributed by atoms with van der Waals surface area (Å²) in [6, 6.07) is -0.134. The first-order valence-electron chi connectivity index (χ1n) is 5.24. The molecule has 1 aliphatic rings. The van der Waals surface area contributed by atoms with E-state index in [9.17, 15) is 4.79 Å². The van der Waals surface area contributed by atoms with E-state index in [0.717, 1.165) is 25.9 Å². The Balaban J connectivity index is 1.67. The molecule has 0 saturated carbocycles. The smallest absolute Gasteiger partial charge is 0.326 e. The average molecular weight is 209 g/mol. The highest BCUT2D eigenvalue weighted by Crippen LogP contribution is 2.14. The zero-order valence-corrected chi connectivity index (χ0v) is 8.56. The van der Waals surface area contributed by atoms with Crippen molar-refractivity contribution in [2.75, 3.05) is 13.2 Å². The van der Waals surface area contributed by atoms with Crippen molar-refractivity contribution in [3.8, 4) is 0 Å². The van der Waals surface area contributed by atoms with E-state index >= 15 is 0 Å². The Morgan fingerprint density at radius 1 is 1.67 bits per heavy atom. The minimum Gasteiger partial charge on any atom is -0.378 e. The second kappa shape index (κ2) is 4.93. The Morgan fingerprint density at radius 2 is 2.60 bits per heavy atom. The van der Waals surface area contributed by atoms with Crippen LogP contribution in [0.2, 0.25) is 0 Å². The van der Waals surface area contributed by atoms with Crippen LogP contribution in [0.5, 0.6) is 0 Å². The second-order valence-corrected chi connectivity index (χ2v) is 3.63. The van der Waals surface area contributed by atoms with Crippen LogP contribution in [0.1, 0.15) is 19.3 Å². The summed E-state index contributed by atoms with van der Waals surface area (Å²) < 4.78 is 6.88. The third kappa shape index (κ3) is 2.79. The van der Waals surface area contributed by atoms with Gasteiger partial charge in [-0.05, 0) is 19.3 Å². The van der Waals surface area contributed by atoms with Crippen LogP contribution >= 0.6 is 0 Å². The molecule has 0 spiro atoms. The number of imidazole rings is 1. The number of carbonyl (C=O) groups is 1. The SMILES string of the molecule is O=C(NCCC1CCCO1)n1ccnc1. The summed E-state index contributed by atoms with van der Waals surface area (Å²) in [7, 11) is 0. The Bertz CT molecular complexity index is 304. The monoisotopic (exact) mass is 209 g/mol. The van der Waals surface area contributed by atoms with E-state index < -0.39 is 0 Å². The van der Waals surface area contributed by atoms with Crippen molar-refractivity contribution in [3.05, 3.63) is 18.7 Å². The van der Waals surface area contributed by atoms with Gasteiger partial charge in [0, 0.05) is 25.5 Å². The summed E-state index contributed by atoms with van der Waals surface area (Å²) in [6.45, 7) is 1.52. The van der Waals surface area contributed by atoms with Crippen LogP contribution < -0.4 is 5.32 Å². The summed E-state index contributed by atoms with van der Waals surface area (Å²) in [6.07, 6.45) is 8.16. The summed E-state index contributed by atoms with van der Waals surface area (Å²) in [5.74, 6) is 0. The van der Waals surface area contributed by atoms with E-state index in [2.05, 4.69) is 10.3 Å². The van der Waals surface area contributed by atoms with Gasteiger partial charge in [-0.15, -0.1) is 0 Å². The topological polar surface area (TPSA) is 56.1 Å². The second-order valence-electron chi connectivity index (χ2n) is 3.63. The maximum Gasteiger partial charge on any atom is 0.326 e. The number of aromatic nitrogens is 2. The number of hydrogen-bond donors (Lipinski definition) is 1. The molecule has 0 aromatic carbocycles. The molecule has 15 heavy (non-hydrogen) atoms. The zero-order valence-electron chi connectivity index (χ0n) is 8.56. The van der Waals surface area contributed by atoms with Crippen LogP contribution in [0.15, 0.2) is 18.7 Å². The predicted octanol–water partition coefficient (Wildman–Crippen LogP) is 1.01. The highest BCUT2D eigenvalue weighted by molar-refractivity contribution is 5.76. The van der Waals surface area contributed by atoms with Gasteiger partial charge in [0.25, 0.3) is 0 Å². The van der Waals surface area contributed by atoms with Gasteiger partial charge in [-0.2, -0.15) is 0 Å². The number of nitrogens with one attached hydrogen (secondary N) is 1. The van der Waals surface area contributed by atoms with Crippen LogP contribution in [0.3, 0.4) is 0 Å². The average Bonchev–Trinajstić information content (AvgIpc) is 2.90. The van der Waals surface area contributed by atoms with Gasteiger partial charge >= 0.3 is 6.03 Å². The van der Waals surface area contributed by atoms with Crippen LogP contribution in [-0.2, 0) is 4.74 Å². The number of ether oxygens (including phenoxy) is 1. The zero-order chi connectivity index (χ0) is 10.5. The van der Waals surface area contributed by atoms with E-state index in [-0.39, 0.29) is 6.03 Å². The molecule has 0 aliphatic carbocycles. The molecule has 82 valence electrons. The fraction of sp³-hybridized carbons (Fsp3) is 0.600. The van der Waals surface area contributed by atoms with Gasteiger partial charge in [-0.1, -0.05) is 0 Å². The van der Waals surface area contributed by atoms with E-state index in [1.54, 1.807) is 12.4 Å². The highest BCUT2D eigenvalue weighted by atomic mass is 16.5. The van der Waals surface area contributed by atoms with E-state index in [1.165, 1.54) is 10.9 Å². The summed E-state index contributed by atoms with van der Waals surface area (Å²) in [4.78, 5) is 15.3. The first-order chi connectivity index (χ1) is 7.36. The number of rotatable bonds is 3. The van der Waals surface area contributed by atoms with Crippen molar-refractivity contribution in [2.24, 2.45) is 0 Å². The first-order valence-corrected chi connectivity index (χ1v) is 5.24. The van der Waals surface area contributed by atoms with Crippen molar-refractivity contribution in [1.29, 1.82) is 0 Å². The lowest BCUT2D eigenvalue weighted by Crippen LogP contribution is -2.30. The molecule has 0 bridgehead atoms. The van der Waals surface area contributed by atoms with Gasteiger partial charge in [0.15, 0.2) is 0 Å². The lowest BCUT2D eigenvalue weighted by molar-refractivity contribution is 0.104. The number of amides is 1. The van der Waals surface area contributed by atoms with Crippen molar-refractivity contribution in [1.82, 2.24) is 14.9 Å². The molecule has 1 atom stereocenters. The number of hydrogen-bond acceptors (Lipinski definition) is 3. The molecule has 1 unspecified atom stereocenters. The van der Waals surface area contributed by atoms with Crippen LogP contribution in [0.4, 0.5) is 4.79 Å². The fourth-order valence-electron chi connectivity index (χ4n) is 1.68.